The van der Waals surface area contributed by atoms with E-state index < -0.39 is 0 Å². The van der Waals surface area contributed by atoms with Crippen LogP contribution < -0.4 is 10.1 Å². The summed E-state index contributed by atoms with van der Waals surface area (Å²) in [5.74, 6) is 0.931. The van der Waals surface area contributed by atoms with Crippen LogP contribution in [-0.4, -0.2) is 12.5 Å². The van der Waals surface area contributed by atoms with Crippen molar-refractivity contribution in [3.8, 4) is 5.75 Å². The Bertz CT molecular complexity index is 621. The Morgan fingerprint density at radius 3 is 2.95 bits per heavy atom. The van der Waals surface area contributed by atoms with Gasteiger partial charge in [-0.25, -0.2) is 0 Å². The van der Waals surface area contributed by atoms with Crippen LogP contribution >= 0.6 is 0 Å². The van der Waals surface area contributed by atoms with Crippen LogP contribution in [0.3, 0.4) is 0 Å². The lowest BCUT2D eigenvalue weighted by atomic mass is 9.98. The molecule has 0 radical (unpaired) electrons. The number of carbonyl (C=O) groups excluding carboxylic acids is 1. The minimum atomic E-state index is 0.00556. The highest BCUT2D eigenvalue weighted by Crippen LogP contribution is 2.37. The van der Waals surface area contributed by atoms with Gasteiger partial charge in [-0.05, 0) is 18.2 Å². The second-order valence-electron chi connectivity index (χ2n) is 4.95. The summed E-state index contributed by atoms with van der Waals surface area (Å²) in [4.78, 5) is 11.3. The Labute approximate surface area is 112 Å². The maximum Gasteiger partial charge on any atom is 0.217 e. The summed E-state index contributed by atoms with van der Waals surface area (Å²) in [6.07, 6.45) is 1.87. The monoisotopic (exact) mass is 255 g/mol. The van der Waals surface area contributed by atoms with Crippen LogP contribution in [0.1, 0.15) is 31.4 Å². The fourth-order valence-electron chi connectivity index (χ4n) is 2.71. The zero-order valence-corrected chi connectivity index (χ0v) is 11.0. The average Bonchev–Trinajstić information content (AvgIpc) is 2.61. The molecule has 3 nitrogen and oxygen atoms in total. The quantitative estimate of drug-likeness (QED) is 0.849. The minimum Gasteiger partial charge on any atom is -0.493 e. The smallest absolute Gasteiger partial charge is 0.217 e. The van der Waals surface area contributed by atoms with Crippen LogP contribution in [0, 0.1) is 0 Å². The molecule has 98 valence electrons. The van der Waals surface area contributed by atoms with Crippen molar-refractivity contribution < 1.29 is 9.53 Å². The maximum absolute atomic E-state index is 11.3. The topological polar surface area (TPSA) is 38.3 Å². The zero-order chi connectivity index (χ0) is 13.2. The van der Waals surface area contributed by atoms with Crippen molar-refractivity contribution >= 4 is 16.7 Å². The minimum absolute atomic E-state index is 0.00556. The molecule has 0 aromatic heterocycles. The van der Waals surface area contributed by atoms with Crippen molar-refractivity contribution in [2.75, 3.05) is 6.61 Å². The van der Waals surface area contributed by atoms with Crippen LogP contribution in [0.25, 0.3) is 10.8 Å². The van der Waals surface area contributed by atoms with Crippen LogP contribution in [0.15, 0.2) is 36.4 Å². The number of hydrogen-bond donors (Lipinski definition) is 1. The molecule has 1 N–H and O–H groups in total. The third-order valence-electron chi connectivity index (χ3n) is 3.55. The van der Waals surface area contributed by atoms with Gasteiger partial charge in [-0.1, -0.05) is 36.4 Å². The molecule has 1 aliphatic heterocycles. The fraction of sp³-hybridized carbons (Fsp3) is 0.312. The molecule has 0 saturated carbocycles. The van der Waals surface area contributed by atoms with E-state index in [2.05, 4.69) is 29.6 Å². The Morgan fingerprint density at radius 1 is 1.26 bits per heavy atom. The second kappa shape index (κ2) is 4.92. The average molecular weight is 255 g/mol. The molecule has 0 aliphatic carbocycles. The van der Waals surface area contributed by atoms with E-state index in [1.807, 2.05) is 12.1 Å². The standard InChI is InChI=1S/C16H17NO2/c1-11(18)17-15-7-4-10-19-16-13-6-3-2-5-12(13)8-9-14(15)16/h2-3,5-6,8-9,15H,4,7,10H2,1H3,(H,17,18). The molecule has 3 rings (SSSR count). The molecule has 1 heterocycles. The summed E-state index contributed by atoms with van der Waals surface area (Å²) in [7, 11) is 0. The lowest BCUT2D eigenvalue weighted by Crippen LogP contribution is -2.25. The van der Waals surface area contributed by atoms with E-state index in [9.17, 15) is 4.79 Å². The number of benzene rings is 2. The Kier molecular flexibility index (Phi) is 3.11. The number of amides is 1. The highest BCUT2D eigenvalue weighted by atomic mass is 16.5. The van der Waals surface area contributed by atoms with Gasteiger partial charge in [-0.3, -0.25) is 4.79 Å². The first kappa shape index (κ1) is 12.0. The van der Waals surface area contributed by atoms with Crippen molar-refractivity contribution in [1.82, 2.24) is 5.32 Å². The van der Waals surface area contributed by atoms with Gasteiger partial charge in [0, 0.05) is 17.9 Å². The summed E-state index contributed by atoms with van der Waals surface area (Å²) in [6.45, 7) is 2.27. The van der Waals surface area contributed by atoms with Gasteiger partial charge in [0.15, 0.2) is 0 Å². The van der Waals surface area contributed by atoms with Gasteiger partial charge in [-0.15, -0.1) is 0 Å². The van der Waals surface area contributed by atoms with E-state index in [1.165, 1.54) is 5.39 Å². The van der Waals surface area contributed by atoms with Gasteiger partial charge in [0.25, 0.3) is 0 Å². The Balaban J connectivity index is 2.14. The zero-order valence-electron chi connectivity index (χ0n) is 11.0. The molecule has 1 amide bonds. The van der Waals surface area contributed by atoms with Gasteiger partial charge < -0.3 is 10.1 Å². The lowest BCUT2D eigenvalue weighted by Gasteiger charge is -2.18. The molecule has 0 spiro atoms. The van der Waals surface area contributed by atoms with E-state index in [-0.39, 0.29) is 11.9 Å². The van der Waals surface area contributed by atoms with Crippen LogP contribution in [0.5, 0.6) is 5.75 Å². The first-order valence-corrected chi connectivity index (χ1v) is 6.67. The van der Waals surface area contributed by atoms with E-state index >= 15 is 0 Å². The van der Waals surface area contributed by atoms with Gasteiger partial charge in [0.1, 0.15) is 5.75 Å². The first-order chi connectivity index (χ1) is 9.25. The normalized spacial score (nSPS) is 18.3. The largest absolute Gasteiger partial charge is 0.493 e. The van der Waals surface area contributed by atoms with Crippen molar-refractivity contribution in [2.45, 2.75) is 25.8 Å². The Hall–Kier alpha value is -2.03. The van der Waals surface area contributed by atoms with Gasteiger partial charge >= 0.3 is 0 Å². The maximum atomic E-state index is 11.3. The number of hydrogen-bond acceptors (Lipinski definition) is 2. The third-order valence-corrected chi connectivity index (χ3v) is 3.55. The number of ether oxygens (including phenoxy) is 1. The molecule has 2 aromatic carbocycles. The van der Waals surface area contributed by atoms with Crippen LogP contribution in [-0.2, 0) is 4.79 Å². The van der Waals surface area contributed by atoms with Gasteiger partial charge in [-0.2, -0.15) is 0 Å². The molecule has 0 saturated heterocycles. The summed E-state index contributed by atoms with van der Waals surface area (Å²) in [5.41, 5.74) is 1.09. The molecule has 0 bridgehead atoms. The molecule has 2 aromatic rings. The molecule has 1 atom stereocenters. The summed E-state index contributed by atoms with van der Waals surface area (Å²) < 4.78 is 5.92. The van der Waals surface area contributed by atoms with Crippen LogP contribution in [0.4, 0.5) is 0 Å². The van der Waals surface area contributed by atoms with Crippen molar-refractivity contribution in [3.63, 3.8) is 0 Å². The summed E-state index contributed by atoms with van der Waals surface area (Å²) >= 11 is 0. The number of rotatable bonds is 1. The third kappa shape index (κ3) is 2.28. The number of carbonyl (C=O) groups is 1. The van der Waals surface area contributed by atoms with E-state index in [1.54, 1.807) is 6.92 Å². The van der Waals surface area contributed by atoms with Crippen molar-refractivity contribution in [3.05, 3.63) is 42.0 Å². The van der Waals surface area contributed by atoms with Crippen LogP contribution in [0.2, 0.25) is 0 Å². The highest BCUT2D eigenvalue weighted by Gasteiger charge is 2.21. The number of fused-ring (bicyclic) bond motifs is 3. The first-order valence-electron chi connectivity index (χ1n) is 6.67. The van der Waals surface area contributed by atoms with Gasteiger partial charge in [0.05, 0.1) is 12.6 Å². The summed E-state index contributed by atoms with van der Waals surface area (Å²) in [6, 6.07) is 12.4. The molecule has 1 aliphatic rings. The SMILES string of the molecule is CC(=O)NC1CCCOc2c1ccc1ccccc21. The fourth-order valence-corrected chi connectivity index (χ4v) is 2.71. The Morgan fingerprint density at radius 2 is 2.11 bits per heavy atom. The number of nitrogens with one attached hydrogen (secondary N) is 1. The highest BCUT2D eigenvalue weighted by molar-refractivity contribution is 5.90. The molecular weight excluding hydrogens is 238 g/mol. The molecule has 0 fully saturated rings. The van der Waals surface area contributed by atoms with Gasteiger partial charge in [0.2, 0.25) is 5.91 Å². The molecule has 3 heteroatoms. The van der Waals surface area contributed by atoms with Crippen molar-refractivity contribution in [1.29, 1.82) is 0 Å². The predicted octanol–water partition coefficient (Wildman–Crippen LogP) is 3.19. The second-order valence-corrected chi connectivity index (χ2v) is 4.95. The van der Waals surface area contributed by atoms with E-state index in [4.69, 9.17) is 4.74 Å². The molecular formula is C16H17NO2. The molecule has 1 unspecified atom stereocenters. The van der Waals surface area contributed by atoms with Crippen molar-refractivity contribution in [2.24, 2.45) is 0 Å². The molecule has 19 heavy (non-hydrogen) atoms. The van der Waals surface area contributed by atoms with E-state index in [0.717, 1.165) is 29.5 Å². The predicted molar refractivity (Wildman–Crippen MR) is 75.2 cm³/mol. The van der Waals surface area contributed by atoms with E-state index in [0.29, 0.717) is 6.61 Å². The lowest BCUT2D eigenvalue weighted by molar-refractivity contribution is -0.119. The summed E-state index contributed by atoms with van der Waals surface area (Å²) in [5, 5.41) is 5.32.